The van der Waals surface area contributed by atoms with Crippen molar-refractivity contribution in [2.45, 2.75) is 0 Å². The predicted molar refractivity (Wildman–Crippen MR) is 99.4 cm³/mol. The van der Waals surface area contributed by atoms with Gasteiger partial charge in [0.25, 0.3) is 11.8 Å². The molecule has 1 heterocycles. The molecule has 0 aliphatic rings. The first-order valence-corrected chi connectivity index (χ1v) is 8.39. The Bertz CT molecular complexity index is 937. The number of halogens is 2. The highest BCUT2D eigenvalue weighted by Gasteiger charge is 2.12. The first-order chi connectivity index (χ1) is 12.1. The van der Waals surface area contributed by atoms with E-state index in [2.05, 4.69) is 15.6 Å². The van der Waals surface area contributed by atoms with E-state index in [1.165, 1.54) is 6.07 Å². The first-order valence-electron chi connectivity index (χ1n) is 7.64. The van der Waals surface area contributed by atoms with E-state index >= 15 is 0 Å². The van der Waals surface area contributed by atoms with Crippen LogP contribution in [0.5, 0.6) is 0 Å². The Kier molecular flexibility index (Phi) is 5.26. The highest BCUT2D eigenvalue weighted by Crippen LogP contribution is 2.20. The number of H-pyrrole nitrogens is 1. The summed E-state index contributed by atoms with van der Waals surface area (Å²) in [6.45, 7) is 0.584. The molecule has 2 aromatic carbocycles. The second-order valence-electron chi connectivity index (χ2n) is 5.38. The minimum absolute atomic E-state index is 0.198. The molecule has 3 aromatic rings. The summed E-state index contributed by atoms with van der Waals surface area (Å²) in [6.07, 6.45) is 1.67. The number of nitrogens with one attached hydrogen (secondary N) is 3. The second kappa shape index (κ2) is 7.59. The molecule has 0 bridgehead atoms. The summed E-state index contributed by atoms with van der Waals surface area (Å²) in [5.41, 5.74) is 1.81. The lowest BCUT2D eigenvalue weighted by molar-refractivity contribution is 0.0928. The van der Waals surface area contributed by atoms with Gasteiger partial charge in [0.15, 0.2) is 0 Å². The van der Waals surface area contributed by atoms with E-state index in [9.17, 15) is 9.59 Å². The minimum Gasteiger partial charge on any atom is -0.360 e. The van der Waals surface area contributed by atoms with E-state index in [4.69, 9.17) is 23.2 Å². The van der Waals surface area contributed by atoms with Crippen LogP contribution in [-0.2, 0) is 0 Å². The van der Waals surface area contributed by atoms with Crippen LogP contribution in [-0.4, -0.2) is 29.9 Å². The summed E-state index contributed by atoms with van der Waals surface area (Å²) in [7, 11) is 0. The monoisotopic (exact) mass is 375 g/mol. The molecule has 3 N–H and O–H groups in total. The summed E-state index contributed by atoms with van der Waals surface area (Å²) >= 11 is 11.8. The molecule has 0 aliphatic carbocycles. The summed E-state index contributed by atoms with van der Waals surface area (Å²) in [5, 5.41) is 7.10. The Morgan fingerprint density at radius 2 is 1.60 bits per heavy atom. The summed E-state index contributed by atoms with van der Waals surface area (Å²) in [4.78, 5) is 27.4. The molecule has 3 rings (SSSR count). The van der Waals surface area contributed by atoms with E-state index in [0.29, 0.717) is 22.7 Å². The van der Waals surface area contributed by atoms with Crippen molar-refractivity contribution in [3.8, 4) is 0 Å². The molecule has 0 radical (unpaired) electrons. The van der Waals surface area contributed by atoms with Crippen molar-refractivity contribution in [2.24, 2.45) is 0 Å². The normalized spacial score (nSPS) is 10.6. The van der Waals surface area contributed by atoms with Gasteiger partial charge in [0, 0.05) is 35.2 Å². The van der Waals surface area contributed by atoms with E-state index < -0.39 is 0 Å². The molecule has 2 amide bonds. The number of carbonyl (C=O) groups excluding carboxylic acids is 2. The molecule has 1 aromatic heterocycles. The molecule has 5 nitrogen and oxygen atoms in total. The topological polar surface area (TPSA) is 74.0 Å². The second-order valence-corrected chi connectivity index (χ2v) is 6.23. The Morgan fingerprint density at radius 1 is 0.920 bits per heavy atom. The van der Waals surface area contributed by atoms with Gasteiger partial charge in [0.2, 0.25) is 0 Å². The van der Waals surface area contributed by atoms with Crippen LogP contribution < -0.4 is 10.6 Å². The Hall–Kier alpha value is -2.50. The van der Waals surface area contributed by atoms with Crippen LogP contribution in [0.4, 0.5) is 0 Å². The number of hydrogen-bond acceptors (Lipinski definition) is 2. The van der Waals surface area contributed by atoms with Gasteiger partial charge in [0.05, 0.1) is 16.1 Å². The lowest BCUT2D eigenvalue weighted by atomic mass is 10.1. The van der Waals surface area contributed by atoms with Crippen molar-refractivity contribution in [3.63, 3.8) is 0 Å². The third-order valence-corrected chi connectivity index (χ3v) is 4.25. The number of benzene rings is 2. The molecule has 0 aliphatic heterocycles. The van der Waals surface area contributed by atoms with Crippen molar-refractivity contribution < 1.29 is 9.59 Å². The zero-order valence-corrected chi connectivity index (χ0v) is 14.6. The third-order valence-electron chi connectivity index (χ3n) is 3.71. The number of fused-ring (bicyclic) bond motifs is 1. The van der Waals surface area contributed by atoms with Gasteiger partial charge in [-0.15, -0.1) is 0 Å². The number of aromatic nitrogens is 1. The van der Waals surface area contributed by atoms with Crippen LogP contribution in [0, 0.1) is 0 Å². The molecule has 25 heavy (non-hydrogen) atoms. The molecule has 0 spiro atoms. The van der Waals surface area contributed by atoms with Crippen LogP contribution in [0.3, 0.4) is 0 Å². The first kappa shape index (κ1) is 17.3. The maximum absolute atomic E-state index is 12.2. The molecule has 0 saturated heterocycles. The van der Waals surface area contributed by atoms with Crippen LogP contribution >= 0.6 is 23.2 Å². The lowest BCUT2D eigenvalue weighted by Crippen LogP contribution is -2.34. The van der Waals surface area contributed by atoms with Crippen LogP contribution in [0.15, 0.2) is 48.7 Å². The van der Waals surface area contributed by atoms with Crippen LogP contribution in [0.1, 0.15) is 20.7 Å². The Labute approximate surface area is 154 Å². The minimum atomic E-state index is -0.317. The third kappa shape index (κ3) is 3.95. The van der Waals surface area contributed by atoms with E-state index in [-0.39, 0.29) is 23.4 Å². The SMILES string of the molecule is O=C(NCCNC(=O)c1c[nH]c2ccccc12)c1ccc(Cl)cc1Cl. The van der Waals surface area contributed by atoms with Crippen LogP contribution in [0.2, 0.25) is 10.0 Å². The zero-order chi connectivity index (χ0) is 17.8. The van der Waals surface area contributed by atoms with Gasteiger partial charge < -0.3 is 15.6 Å². The van der Waals surface area contributed by atoms with Gasteiger partial charge in [-0.2, -0.15) is 0 Å². The smallest absolute Gasteiger partial charge is 0.253 e. The van der Waals surface area contributed by atoms with Crippen molar-refractivity contribution in [2.75, 3.05) is 13.1 Å². The van der Waals surface area contributed by atoms with Crippen LogP contribution in [0.25, 0.3) is 10.9 Å². The van der Waals surface area contributed by atoms with Crippen molar-refractivity contribution >= 4 is 45.9 Å². The number of rotatable bonds is 5. The number of aromatic amines is 1. The average Bonchev–Trinajstić information content (AvgIpc) is 3.02. The molecule has 0 saturated carbocycles. The fraction of sp³-hybridized carbons (Fsp3) is 0.111. The number of amides is 2. The fourth-order valence-corrected chi connectivity index (χ4v) is 2.97. The van der Waals surface area contributed by atoms with Gasteiger partial charge in [-0.25, -0.2) is 0 Å². The zero-order valence-electron chi connectivity index (χ0n) is 13.1. The molecular weight excluding hydrogens is 361 g/mol. The highest BCUT2D eigenvalue weighted by atomic mass is 35.5. The lowest BCUT2D eigenvalue weighted by Gasteiger charge is -2.08. The Balaban J connectivity index is 1.53. The predicted octanol–water partition coefficient (Wildman–Crippen LogP) is 3.63. The quantitative estimate of drug-likeness (QED) is 0.595. The molecule has 128 valence electrons. The fourth-order valence-electron chi connectivity index (χ4n) is 2.48. The maximum Gasteiger partial charge on any atom is 0.253 e. The molecule has 0 fully saturated rings. The average molecular weight is 376 g/mol. The van der Waals surface area contributed by atoms with Crippen molar-refractivity contribution in [3.05, 3.63) is 69.8 Å². The standard InChI is InChI=1S/C18H15Cl2N3O2/c19-11-5-6-13(15(20)9-11)17(24)21-7-8-22-18(25)14-10-23-16-4-2-1-3-12(14)16/h1-6,9-10,23H,7-8H2,(H,21,24)(H,22,25). The molecule has 7 heteroatoms. The number of carbonyl (C=O) groups is 2. The highest BCUT2D eigenvalue weighted by molar-refractivity contribution is 6.36. The van der Waals surface area contributed by atoms with E-state index in [1.807, 2.05) is 24.3 Å². The molecule has 0 unspecified atom stereocenters. The largest absolute Gasteiger partial charge is 0.360 e. The summed E-state index contributed by atoms with van der Waals surface area (Å²) < 4.78 is 0. The maximum atomic E-state index is 12.2. The van der Waals surface area contributed by atoms with E-state index in [1.54, 1.807) is 18.3 Å². The van der Waals surface area contributed by atoms with Gasteiger partial charge in [0.1, 0.15) is 0 Å². The Morgan fingerprint density at radius 3 is 2.32 bits per heavy atom. The number of para-hydroxylation sites is 1. The van der Waals surface area contributed by atoms with Gasteiger partial charge in [-0.3, -0.25) is 9.59 Å². The summed E-state index contributed by atoms with van der Waals surface area (Å²) in [6, 6.07) is 12.2. The van der Waals surface area contributed by atoms with E-state index in [0.717, 1.165) is 10.9 Å². The van der Waals surface area contributed by atoms with Gasteiger partial charge >= 0.3 is 0 Å². The molecule has 0 atom stereocenters. The van der Waals surface area contributed by atoms with Gasteiger partial charge in [-0.05, 0) is 24.3 Å². The summed E-state index contributed by atoms with van der Waals surface area (Å²) in [5.74, 6) is -0.515. The number of hydrogen-bond donors (Lipinski definition) is 3. The molecular formula is C18H15Cl2N3O2. The van der Waals surface area contributed by atoms with Gasteiger partial charge in [-0.1, -0.05) is 41.4 Å². The van der Waals surface area contributed by atoms with Crippen molar-refractivity contribution in [1.29, 1.82) is 0 Å². The van der Waals surface area contributed by atoms with Crippen molar-refractivity contribution in [1.82, 2.24) is 15.6 Å².